The second-order valence-electron chi connectivity index (χ2n) is 3.94. The maximum atomic E-state index is 5.68. The first-order valence-corrected chi connectivity index (χ1v) is 4.99. The molecule has 0 radical (unpaired) electrons. The van der Waals surface area contributed by atoms with E-state index in [4.69, 9.17) is 10.6 Å². The van der Waals surface area contributed by atoms with Gasteiger partial charge in [-0.2, -0.15) is 0 Å². The van der Waals surface area contributed by atoms with Crippen LogP contribution in [-0.2, 0) is 11.3 Å². The van der Waals surface area contributed by atoms with E-state index in [9.17, 15) is 0 Å². The number of rotatable bonds is 5. The van der Waals surface area contributed by atoms with Gasteiger partial charge in [0.1, 0.15) is 0 Å². The van der Waals surface area contributed by atoms with Crippen LogP contribution in [0.4, 0.5) is 5.82 Å². The summed E-state index contributed by atoms with van der Waals surface area (Å²) < 4.78 is 5.68. The van der Waals surface area contributed by atoms with Crippen LogP contribution in [0.3, 0.4) is 0 Å². The lowest BCUT2D eigenvalue weighted by Crippen LogP contribution is -2.23. The molecule has 1 heterocycles. The molecule has 5 nitrogen and oxygen atoms in total. The SMILES string of the molecule is CCC(C)(C)OCc1cnc(NN)cn1. The zero-order chi connectivity index (χ0) is 11.3. The molecule has 0 saturated carbocycles. The smallest absolute Gasteiger partial charge is 0.158 e. The maximum absolute atomic E-state index is 5.68. The summed E-state index contributed by atoms with van der Waals surface area (Å²) in [6.07, 6.45) is 4.20. The van der Waals surface area contributed by atoms with E-state index in [0.29, 0.717) is 12.4 Å². The number of ether oxygens (including phenoxy) is 1. The molecule has 1 aromatic rings. The van der Waals surface area contributed by atoms with Crippen LogP contribution in [-0.4, -0.2) is 15.6 Å². The lowest BCUT2D eigenvalue weighted by atomic mass is 10.1. The molecule has 1 aromatic heterocycles. The first-order chi connectivity index (χ1) is 7.07. The van der Waals surface area contributed by atoms with Crippen molar-refractivity contribution in [2.45, 2.75) is 39.4 Å². The fraction of sp³-hybridized carbons (Fsp3) is 0.600. The average molecular weight is 210 g/mol. The molecule has 0 unspecified atom stereocenters. The molecule has 15 heavy (non-hydrogen) atoms. The van der Waals surface area contributed by atoms with Crippen molar-refractivity contribution < 1.29 is 4.74 Å². The highest BCUT2D eigenvalue weighted by atomic mass is 16.5. The summed E-state index contributed by atoms with van der Waals surface area (Å²) in [5.41, 5.74) is 3.11. The number of nitrogens with zero attached hydrogens (tertiary/aromatic N) is 2. The molecule has 0 bridgehead atoms. The zero-order valence-electron chi connectivity index (χ0n) is 9.45. The molecule has 1 rings (SSSR count). The highest BCUT2D eigenvalue weighted by molar-refractivity contribution is 5.28. The number of hydrazine groups is 1. The largest absolute Gasteiger partial charge is 0.369 e. The number of nitrogens with one attached hydrogen (secondary N) is 1. The molecular formula is C10H18N4O. The van der Waals surface area contributed by atoms with Gasteiger partial charge >= 0.3 is 0 Å². The van der Waals surface area contributed by atoms with Gasteiger partial charge in [-0.05, 0) is 20.3 Å². The summed E-state index contributed by atoms with van der Waals surface area (Å²) in [6, 6.07) is 0. The number of nitrogens with two attached hydrogens (primary N) is 1. The van der Waals surface area contributed by atoms with Gasteiger partial charge in [-0.15, -0.1) is 0 Å². The summed E-state index contributed by atoms with van der Waals surface area (Å²) in [6.45, 7) is 6.66. The zero-order valence-corrected chi connectivity index (χ0v) is 9.45. The van der Waals surface area contributed by atoms with E-state index in [1.165, 1.54) is 0 Å². The second kappa shape index (κ2) is 5.04. The highest BCUT2D eigenvalue weighted by Crippen LogP contribution is 2.15. The van der Waals surface area contributed by atoms with Gasteiger partial charge in [-0.25, -0.2) is 10.8 Å². The van der Waals surface area contributed by atoms with Crippen molar-refractivity contribution >= 4 is 5.82 Å². The van der Waals surface area contributed by atoms with Gasteiger partial charge in [0.05, 0.1) is 30.3 Å². The molecule has 3 N–H and O–H groups in total. The van der Waals surface area contributed by atoms with Gasteiger partial charge in [0.15, 0.2) is 5.82 Å². The van der Waals surface area contributed by atoms with Gasteiger partial charge in [0, 0.05) is 0 Å². The van der Waals surface area contributed by atoms with Crippen LogP contribution in [0.1, 0.15) is 32.9 Å². The molecule has 84 valence electrons. The van der Waals surface area contributed by atoms with E-state index in [2.05, 4.69) is 36.2 Å². The van der Waals surface area contributed by atoms with E-state index in [1.54, 1.807) is 12.4 Å². The molecule has 0 amide bonds. The Morgan fingerprint density at radius 2 is 2.13 bits per heavy atom. The van der Waals surface area contributed by atoms with Crippen LogP contribution in [0.2, 0.25) is 0 Å². The number of aromatic nitrogens is 2. The predicted molar refractivity (Wildman–Crippen MR) is 59.0 cm³/mol. The highest BCUT2D eigenvalue weighted by Gasteiger charge is 2.15. The van der Waals surface area contributed by atoms with Gasteiger partial charge in [0.2, 0.25) is 0 Å². The molecule has 0 fully saturated rings. The lowest BCUT2D eigenvalue weighted by Gasteiger charge is -2.23. The average Bonchev–Trinajstić information content (AvgIpc) is 2.27. The van der Waals surface area contributed by atoms with E-state index >= 15 is 0 Å². The number of hydrogen-bond acceptors (Lipinski definition) is 5. The molecule has 0 aromatic carbocycles. The third-order valence-electron chi connectivity index (χ3n) is 2.32. The Bertz CT molecular complexity index is 297. The topological polar surface area (TPSA) is 73.1 Å². The molecule has 0 atom stereocenters. The molecule has 0 spiro atoms. The Hall–Kier alpha value is -1.20. The summed E-state index contributed by atoms with van der Waals surface area (Å²) in [4.78, 5) is 8.20. The first-order valence-electron chi connectivity index (χ1n) is 4.99. The van der Waals surface area contributed by atoms with Crippen LogP contribution in [0.5, 0.6) is 0 Å². The van der Waals surface area contributed by atoms with Crippen LogP contribution < -0.4 is 11.3 Å². The minimum atomic E-state index is -0.119. The van der Waals surface area contributed by atoms with Crippen molar-refractivity contribution in [2.75, 3.05) is 5.43 Å². The van der Waals surface area contributed by atoms with Crippen molar-refractivity contribution in [3.05, 3.63) is 18.1 Å². The molecule has 0 saturated heterocycles. The van der Waals surface area contributed by atoms with Crippen molar-refractivity contribution in [1.82, 2.24) is 9.97 Å². The Kier molecular flexibility index (Phi) is 3.99. The third kappa shape index (κ3) is 3.81. The Morgan fingerprint density at radius 3 is 2.60 bits per heavy atom. The van der Waals surface area contributed by atoms with Gasteiger partial charge in [-0.3, -0.25) is 4.98 Å². The summed E-state index contributed by atoms with van der Waals surface area (Å²) in [7, 11) is 0. The molecule has 0 aliphatic carbocycles. The van der Waals surface area contributed by atoms with Crippen LogP contribution in [0.25, 0.3) is 0 Å². The van der Waals surface area contributed by atoms with Crippen LogP contribution in [0.15, 0.2) is 12.4 Å². The van der Waals surface area contributed by atoms with E-state index in [0.717, 1.165) is 12.1 Å². The standard InChI is InChI=1S/C10H18N4O/c1-4-10(2,3)15-7-8-5-13-9(14-11)6-12-8/h5-6H,4,7,11H2,1-3H3,(H,13,14). The molecular weight excluding hydrogens is 192 g/mol. The fourth-order valence-corrected chi connectivity index (χ4v) is 0.875. The second-order valence-corrected chi connectivity index (χ2v) is 3.94. The maximum Gasteiger partial charge on any atom is 0.158 e. The number of anilines is 1. The lowest BCUT2D eigenvalue weighted by molar-refractivity contribution is -0.0331. The Balaban J connectivity index is 2.51. The quantitative estimate of drug-likeness (QED) is 0.568. The number of hydrogen-bond donors (Lipinski definition) is 2. The van der Waals surface area contributed by atoms with Gasteiger partial charge < -0.3 is 10.2 Å². The molecule has 5 heteroatoms. The van der Waals surface area contributed by atoms with Crippen molar-refractivity contribution in [3.63, 3.8) is 0 Å². The minimum absolute atomic E-state index is 0.119. The Morgan fingerprint density at radius 1 is 1.40 bits per heavy atom. The summed E-state index contributed by atoms with van der Waals surface area (Å²) >= 11 is 0. The fourth-order valence-electron chi connectivity index (χ4n) is 0.875. The molecule has 0 aliphatic rings. The van der Waals surface area contributed by atoms with Crippen molar-refractivity contribution in [2.24, 2.45) is 5.84 Å². The van der Waals surface area contributed by atoms with Gasteiger partial charge in [-0.1, -0.05) is 6.92 Å². The van der Waals surface area contributed by atoms with Crippen LogP contribution >= 0.6 is 0 Å². The van der Waals surface area contributed by atoms with E-state index in [-0.39, 0.29) is 5.60 Å². The Labute approximate surface area is 90.0 Å². The van der Waals surface area contributed by atoms with Gasteiger partial charge in [0.25, 0.3) is 0 Å². The molecule has 0 aliphatic heterocycles. The van der Waals surface area contributed by atoms with Crippen molar-refractivity contribution in [3.8, 4) is 0 Å². The monoisotopic (exact) mass is 210 g/mol. The minimum Gasteiger partial charge on any atom is -0.369 e. The number of nitrogen functional groups attached to an aromatic ring is 1. The third-order valence-corrected chi connectivity index (χ3v) is 2.32. The first kappa shape index (κ1) is 11.9. The summed E-state index contributed by atoms with van der Waals surface area (Å²) in [5.74, 6) is 5.73. The summed E-state index contributed by atoms with van der Waals surface area (Å²) in [5, 5.41) is 0. The van der Waals surface area contributed by atoms with Crippen LogP contribution in [0, 0.1) is 0 Å². The van der Waals surface area contributed by atoms with E-state index in [1.807, 2.05) is 0 Å². The predicted octanol–water partition coefficient (Wildman–Crippen LogP) is 1.47. The van der Waals surface area contributed by atoms with Crippen molar-refractivity contribution in [1.29, 1.82) is 0 Å². The van der Waals surface area contributed by atoms with E-state index < -0.39 is 0 Å². The normalized spacial score (nSPS) is 11.5.